The topological polar surface area (TPSA) is 111 Å². The summed E-state index contributed by atoms with van der Waals surface area (Å²) in [6.45, 7) is 3.33. The number of hydrogen-bond acceptors (Lipinski definition) is 7. The molecule has 0 aliphatic carbocycles. The number of nitrogens with zero attached hydrogens (tertiary/aromatic N) is 3. The molecule has 5 N–H and O–H groups in total. The van der Waals surface area contributed by atoms with Gasteiger partial charge in [0.05, 0.1) is 5.56 Å². The third-order valence-electron chi connectivity index (χ3n) is 7.13. The minimum absolute atomic E-state index is 0.0422. The number of rotatable bonds is 7. The zero-order valence-electron chi connectivity index (χ0n) is 20.4. The first-order chi connectivity index (χ1) is 17.3. The van der Waals surface area contributed by atoms with Gasteiger partial charge in [-0.25, -0.2) is 17.9 Å². The molecule has 3 heterocycles. The van der Waals surface area contributed by atoms with E-state index in [1.165, 1.54) is 19.2 Å². The first-order valence-corrected chi connectivity index (χ1v) is 12.2. The van der Waals surface area contributed by atoms with E-state index in [0.717, 1.165) is 62.7 Å². The number of allylic oxidation sites excluding steroid dienone is 1. The number of likely N-dealkylation sites (tertiary alicyclic amines) is 1. The number of hydrogen-bond donors (Lipinski definition) is 3. The van der Waals surface area contributed by atoms with Crippen LogP contribution in [0, 0.1) is 11.7 Å². The van der Waals surface area contributed by atoms with E-state index in [0.29, 0.717) is 17.3 Å². The van der Waals surface area contributed by atoms with E-state index >= 15 is 0 Å². The van der Waals surface area contributed by atoms with Crippen molar-refractivity contribution >= 4 is 17.6 Å². The number of anilines is 2. The van der Waals surface area contributed by atoms with Crippen LogP contribution >= 0.6 is 0 Å². The molecule has 36 heavy (non-hydrogen) atoms. The van der Waals surface area contributed by atoms with Crippen LogP contribution in [0.25, 0.3) is 6.08 Å². The van der Waals surface area contributed by atoms with Gasteiger partial charge in [-0.3, -0.25) is 4.79 Å². The molecular formula is C25H33F3N6O2. The number of benzene rings is 1. The number of aromatic nitrogens is 2. The van der Waals surface area contributed by atoms with Gasteiger partial charge < -0.3 is 26.4 Å². The summed E-state index contributed by atoms with van der Waals surface area (Å²) in [7, 11) is 1.45. The number of halogens is 3. The summed E-state index contributed by atoms with van der Waals surface area (Å²) in [6.07, 6.45) is 2.58. The van der Waals surface area contributed by atoms with Crippen molar-refractivity contribution in [3.05, 3.63) is 56.8 Å². The Balaban J connectivity index is 1.52. The maximum Gasteiger partial charge on any atom is 0.290 e. The summed E-state index contributed by atoms with van der Waals surface area (Å²) in [5, 5.41) is 7.18. The van der Waals surface area contributed by atoms with Crippen LogP contribution in [0.1, 0.15) is 48.8 Å². The second-order valence-electron chi connectivity index (χ2n) is 9.38. The average molecular weight is 507 g/mol. The number of nitrogen functional groups attached to an aromatic ring is 1. The molecule has 8 nitrogen and oxygen atoms in total. The van der Waals surface area contributed by atoms with Crippen molar-refractivity contribution in [3.8, 4) is 0 Å². The monoisotopic (exact) mass is 506 g/mol. The molecular weight excluding hydrogens is 473 g/mol. The molecule has 2 fully saturated rings. The summed E-state index contributed by atoms with van der Waals surface area (Å²) >= 11 is 0. The maximum atomic E-state index is 14.5. The third kappa shape index (κ3) is 5.67. The average Bonchev–Trinajstić information content (AvgIpc) is 2.89. The lowest BCUT2D eigenvalue weighted by molar-refractivity contribution is 0.0231. The number of piperidine rings is 1. The third-order valence-corrected chi connectivity index (χ3v) is 7.13. The molecule has 2 aliphatic rings. The smallest absolute Gasteiger partial charge is 0.290 e. The molecule has 1 aromatic heterocycles. The van der Waals surface area contributed by atoms with Crippen molar-refractivity contribution in [3.63, 3.8) is 0 Å². The van der Waals surface area contributed by atoms with Crippen LogP contribution in [-0.4, -0.2) is 47.0 Å². The van der Waals surface area contributed by atoms with E-state index in [4.69, 9.17) is 16.2 Å². The highest BCUT2D eigenvalue weighted by Gasteiger charge is 2.28. The Labute approximate surface area is 208 Å². The fraction of sp³-hybridized carbons (Fsp3) is 0.520. The van der Waals surface area contributed by atoms with E-state index in [2.05, 4.69) is 15.3 Å². The SMILES string of the molecule is Cn1nc(NCc2cccc(C(F)F)c2F)c(/C=C(\N)C2CCN(C3CCOCC3)CC2)c(N)c1=O. The fourth-order valence-corrected chi connectivity index (χ4v) is 4.96. The second kappa shape index (κ2) is 11.3. The predicted molar refractivity (Wildman–Crippen MR) is 133 cm³/mol. The molecule has 4 rings (SSSR count). The van der Waals surface area contributed by atoms with E-state index in [-0.39, 0.29) is 29.5 Å². The van der Waals surface area contributed by atoms with Crippen molar-refractivity contribution in [2.75, 3.05) is 37.4 Å². The van der Waals surface area contributed by atoms with Gasteiger partial charge in [0.1, 0.15) is 11.5 Å². The highest BCUT2D eigenvalue weighted by atomic mass is 19.3. The molecule has 1 aromatic carbocycles. The molecule has 0 spiro atoms. The molecule has 2 aromatic rings. The van der Waals surface area contributed by atoms with E-state index < -0.39 is 23.4 Å². The summed E-state index contributed by atoms with van der Waals surface area (Å²) in [5.41, 5.74) is 12.4. The van der Waals surface area contributed by atoms with Crippen LogP contribution in [0.5, 0.6) is 0 Å². The zero-order chi connectivity index (χ0) is 25.8. The van der Waals surface area contributed by atoms with Gasteiger partial charge in [-0.15, -0.1) is 0 Å². The molecule has 0 amide bonds. The summed E-state index contributed by atoms with van der Waals surface area (Å²) in [6, 6.07) is 4.38. The van der Waals surface area contributed by atoms with E-state index in [1.807, 2.05) is 0 Å². The van der Waals surface area contributed by atoms with Crippen molar-refractivity contribution in [2.45, 2.75) is 44.7 Å². The Morgan fingerprint density at radius 3 is 2.61 bits per heavy atom. The fourth-order valence-electron chi connectivity index (χ4n) is 4.96. The van der Waals surface area contributed by atoms with Gasteiger partial charge in [0.2, 0.25) is 0 Å². The summed E-state index contributed by atoms with van der Waals surface area (Å²) in [4.78, 5) is 15.0. The van der Waals surface area contributed by atoms with Crippen LogP contribution in [0.15, 0.2) is 28.7 Å². The van der Waals surface area contributed by atoms with Gasteiger partial charge in [0, 0.05) is 55.6 Å². The van der Waals surface area contributed by atoms with Gasteiger partial charge in [-0.1, -0.05) is 18.2 Å². The Morgan fingerprint density at radius 1 is 1.25 bits per heavy atom. The highest BCUT2D eigenvalue weighted by molar-refractivity contribution is 5.74. The quantitative estimate of drug-likeness (QED) is 0.529. The van der Waals surface area contributed by atoms with Gasteiger partial charge in [-0.05, 0) is 44.8 Å². The van der Waals surface area contributed by atoms with E-state index in [1.54, 1.807) is 6.08 Å². The number of alkyl halides is 2. The minimum atomic E-state index is -2.92. The minimum Gasteiger partial charge on any atom is -0.402 e. The van der Waals surface area contributed by atoms with Gasteiger partial charge in [0.15, 0.2) is 5.82 Å². The van der Waals surface area contributed by atoms with Crippen LogP contribution in [0.2, 0.25) is 0 Å². The Morgan fingerprint density at radius 2 is 1.94 bits per heavy atom. The maximum absolute atomic E-state index is 14.5. The Kier molecular flexibility index (Phi) is 8.20. The lowest BCUT2D eigenvalue weighted by Gasteiger charge is -2.39. The van der Waals surface area contributed by atoms with Crippen LogP contribution in [-0.2, 0) is 18.3 Å². The zero-order valence-corrected chi connectivity index (χ0v) is 20.4. The molecule has 0 saturated carbocycles. The molecule has 2 saturated heterocycles. The normalized spacial score (nSPS) is 18.6. The molecule has 0 bridgehead atoms. The van der Waals surface area contributed by atoms with Gasteiger partial charge >= 0.3 is 0 Å². The van der Waals surface area contributed by atoms with Crippen LogP contribution < -0.4 is 22.3 Å². The number of ether oxygens (including phenoxy) is 1. The Bertz CT molecular complexity index is 1160. The molecule has 2 aliphatic heterocycles. The van der Waals surface area contributed by atoms with Gasteiger partial charge in [0.25, 0.3) is 12.0 Å². The number of nitrogens with one attached hydrogen (secondary N) is 1. The van der Waals surface area contributed by atoms with Crippen molar-refractivity contribution in [2.24, 2.45) is 18.7 Å². The van der Waals surface area contributed by atoms with Gasteiger partial charge in [-0.2, -0.15) is 5.10 Å². The summed E-state index contributed by atoms with van der Waals surface area (Å²) in [5.74, 6) is -0.637. The first kappa shape index (κ1) is 26.0. The molecule has 0 radical (unpaired) electrons. The largest absolute Gasteiger partial charge is 0.402 e. The molecule has 0 atom stereocenters. The summed E-state index contributed by atoms with van der Waals surface area (Å²) < 4.78 is 47.2. The predicted octanol–water partition coefficient (Wildman–Crippen LogP) is 3.24. The van der Waals surface area contributed by atoms with Crippen molar-refractivity contribution < 1.29 is 17.9 Å². The lowest BCUT2D eigenvalue weighted by Crippen LogP contribution is -2.44. The molecule has 196 valence electrons. The number of aryl methyl sites for hydroxylation is 1. The second-order valence-corrected chi connectivity index (χ2v) is 9.38. The van der Waals surface area contributed by atoms with Crippen LogP contribution in [0.3, 0.4) is 0 Å². The highest BCUT2D eigenvalue weighted by Crippen LogP contribution is 2.29. The molecule has 0 unspecified atom stereocenters. The van der Waals surface area contributed by atoms with Crippen molar-refractivity contribution in [1.82, 2.24) is 14.7 Å². The molecule has 11 heteroatoms. The standard InChI is InChI=1S/C25H33F3N6O2/c1-33-25(35)22(30)19(24(32-33)31-14-16-3-2-4-18(21(16)26)23(27)28)13-20(29)15-5-9-34(10-6-15)17-7-11-36-12-8-17/h2-4,13,15,17,23H,5-12,14,29-30H2,1H3,(H,31,32)/b20-13-. The number of nitrogens with two attached hydrogens (primary N) is 2. The first-order valence-electron chi connectivity index (χ1n) is 12.2. The van der Waals surface area contributed by atoms with Crippen molar-refractivity contribution in [1.29, 1.82) is 0 Å². The Hall–Kier alpha value is -3.05. The lowest BCUT2D eigenvalue weighted by atomic mass is 9.91. The van der Waals surface area contributed by atoms with E-state index in [9.17, 15) is 18.0 Å². The van der Waals surface area contributed by atoms with Crippen LogP contribution in [0.4, 0.5) is 24.7 Å².